The Kier molecular flexibility index (Phi) is 5.49. The third kappa shape index (κ3) is 3.66. The molecule has 1 heterocycles. The van der Waals surface area contributed by atoms with Gasteiger partial charge >= 0.3 is 0 Å². The van der Waals surface area contributed by atoms with Crippen LogP contribution in [0.4, 0.5) is 5.69 Å². The minimum atomic E-state index is -0.424. The highest BCUT2D eigenvalue weighted by Crippen LogP contribution is 2.33. The van der Waals surface area contributed by atoms with Crippen molar-refractivity contribution >= 4 is 39.0 Å². The average Bonchev–Trinajstić information content (AvgIpc) is 3.13. The summed E-state index contributed by atoms with van der Waals surface area (Å²) in [6.07, 6.45) is 2.09. The van der Waals surface area contributed by atoms with Gasteiger partial charge in [0.1, 0.15) is 5.71 Å². The molecule has 0 spiro atoms. The highest BCUT2D eigenvalue weighted by atomic mass is 16.6. The van der Waals surface area contributed by atoms with Crippen molar-refractivity contribution in [2.24, 2.45) is 5.16 Å². The second kappa shape index (κ2) is 8.39. The smallest absolute Gasteiger partial charge is 0.269 e. The molecule has 7 nitrogen and oxygen atoms in total. The van der Waals surface area contributed by atoms with Crippen LogP contribution in [0, 0.1) is 10.1 Å². The third-order valence-corrected chi connectivity index (χ3v) is 5.40. The van der Waals surface area contributed by atoms with E-state index in [9.17, 15) is 20.1 Å². The zero-order chi connectivity index (χ0) is 22.0. The van der Waals surface area contributed by atoms with Gasteiger partial charge in [0.15, 0.2) is 0 Å². The van der Waals surface area contributed by atoms with Crippen LogP contribution in [0.15, 0.2) is 71.9 Å². The van der Waals surface area contributed by atoms with E-state index in [1.165, 1.54) is 12.1 Å². The number of carbonyl (C=O) groups excluding carboxylic acids is 1. The lowest BCUT2D eigenvalue weighted by molar-refractivity contribution is -0.384. The van der Waals surface area contributed by atoms with E-state index in [1.807, 2.05) is 47.9 Å². The van der Waals surface area contributed by atoms with Gasteiger partial charge in [-0.25, -0.2) is 0 Å². The van der Waals surface area contributed by atoms with Gasteiger partial charge in [-0.3, -0.25) is 14.9 Å². The van der Waals surface area contributed by atoms with Crippen LogP contribution in [-0.4, -0.2) is 26.2 Å². The summed E-state index contributed by atoms with van der Waals surface area (Å²) in [7, 11) is 0. The van der Waals surface area contributed by atoms with E-state index in [0.29, 0.717) is 12.0 Å². The zero-order valence-electron chi connectivity index (χ0n) is 17.0. The largest absolute Gasteiger partial charge is 0.411 e. The minimum absolute atomic E-state index is 0.0281. The number of para-hydroxylation sites is 1. The highest BCUT2D eigenvalue weighted by Gasteiger charge is 2.18. The van der Waals surface area contributed by atoms with Crippen LogP contribution in [-0.2, 0) is 0 Å². The first-order valence-electron chi connectivity index (χ1n) is 10.1. The average molecular weight is 415 g/mol. The number of nitro benzene ring substituents is 1. The minimum Gasteiger partial charge on any atom is -0.411 e. The van der Waals surface area contributed by atoms with E-state index >= 15 is 0 Å². The van der Waals surface area contributed by atoms with Crippen LogP contribution in [0.3, 0.4) is 0 Å². The van der Waals surface area contributed by atoms with Crippen molar-refractivity contribution in [3.63, 3.8) is 0 Å². The molecule has 4 rings (SSSR count). The Hall–Kier alpha value is -4.00. The summed E-state index contributed by atoms with van der Waals surface area (Å²) in [4.78, 5) is 23.5. The lowest BCUT2D eigenvalue weighted by Gasteiger charge is -2.08. The Morgan fingerprint density at radius 2 is 1.74 bits per heavy atom. The molecule has 0 unspecified atom stereocenters. The second-order valence-corrected chi connectivity index (χ2v) is 7.34. The van der Waals surface area contributed by atoms with E-state index in [2.05, 4.69) is 5.16 Å². The summed E-state index contributed by atoms with van der Waals surface area (Å²) in [5, 5.41) is 25.4. The van der Waals surface area contributed by atoms with Gasteiger partial charge in [0, 0.05) is 34.2 Å². The highest BCUT2D eigenvalue weighted by molar-refractivity contribution is 6.46. The molecule has 31 heavy (non-hydrogen) atoms. The maximum atomic E-state index is 12.9. The first-order chi connectivity index (χ1) is 15.0. The molecule has 0 fully saturated rings. The summed E-state index contributed by atoms with van der Waals surface area (Å²) in [5.74, 6) is -0.287. The summed E-state index contributed by atoms with van der Waals surface area (Å²) < 4.78 is 2.01. The predicted octanol–water partition coefficient (Wildman–Crippen LogP) is 5.90. The zero-order valence-corrected chi connectivity index (χ0v) is 17.0. The van der Waals surface area contributed by atoms with Gasteiger partial charge < -0.3 is 9.77 Å². The van der Waals surface area contributed by atoms with E-state index in [1.54, 1.807) is 18.2 Å². The molecule has 3 aromatic carbocycles. The molecule has 0 aliphatic carbocycles. The van der Waals surface area contributed by atoms with Crippen LogP contribution in [0.25, 0.3) is 27.5 Å². The Bertz CT molecular complexity index is 1320. The summed E-state index contributed by atoms with van der Waals surface area (Å²) >= 11 is 0. The molecular weight excluding hydrogens is 394 g/mol. The number of fused-ring (bicyclic) bond motifs is 3. The normalized spacial score (nSPS) is 11.8. The van der Waals surface area contributed by atoms with E-state index < -0.39 is 4.92 Å². The standard InChI is InChI=1S/C24H21N3O4/c1-2-3-7-21(25-29)24(28)16-9-14-23-20(15-16)19-6-4-5-8-22(19)26(23)17-10-12-18(13-11-17)27(30)31/h4-6,8-15,29H,2-3,7H2,1H3. The number of unbranched alkanes of at least 4 members (excludes halogenated alkanes) is 1. The topological polar surface area (TPSA) is 97.7 Å². The van der Waals surface area contributed by atoms with E-state index in [4.69, 9.17) is 0 Å². The van der Waals surface area contributed by atoms with Crippen molar-refractivity contribution in [2.75, 3.05) is 0 Å². The van der Waals surface area contributed by atoms with Gasteiger partial charge in [-0.05, 0) is 49.2 Å². The fourth-order valence-corrected chi connectivity index (χ4v) is 3.84. The molecule has 0 aliphatic heterocycles. The molecule has 4 aromatic rings. The molecule has 0 amide bonds. The SMILES string of the molecule is CCCCC(=NO)C(=O)c1ccc2c(c1)c1ccccc1n2-c1ccc([N+](=O)[O-])cc1. The van der Waals surface area contributed by atoms with Crippen molar-refractivity contribution in [3.8, 4) is 5.69 Å². The molecule has 1 aromatic heterocycles. The number of hydrogen-bond donors (Lipinski definition) is 1. The number of oxime groups is 1. The molecule has 0 bridgehead atoms. The van der Waals surface area contributed by atoms with Crippen LogP contribution in [0.5, 0.6) is 0 Å². The van der Waals surface area contributed by atoms with Crippen LogP contribution < -0.4 is 0 Å². The van der Waals surface area contributed by atoms with Gasteiger partial charge in [0.2, 0.25) is 5.78 Å². The summed E-state index contributed by atoms with van der Waals surface area (Å²) in [6, 6.07) is 19.6. The molecule has 0 aliphatic rings. The van der Waals surface area contributed by atoms with Crippen LogP contribution in [0.2, 0.25) is 0 Å². The number of rotatable bonds is 7. The van der Waals surface area contributed by atoms with Gasteiger partial charge in [-0.15, -0.1) is 0 Å². The molecule has 0 atom stereocenters. The Labute approximate surface area is 178 Å². The van der Waals surface area contributed by atoms with E-state index in [0.717, 1.165) is 40.3 Å². The second-order valence-electron chi connectivity index (χ2n) is 7.34. The molecule has 7 heteroatoms. The molecule has 1 N–H and O–H groups in total. The first kappa shape index (κ1) is 20.3. The monoisotopic (exact) mass is 415 g/mol. The van der Waals surface area contributed by atoms with Crippen LogP contribution >= 0.6 is 0 Å². The maximum Gasteiger partial charge on any atom is 0.269 e. The quantitative estimate of drug-likeness (QED) is 0.134. The summed E-state index contributed by atoms with van der Waals surface area (Å²) in [6.45, 7) is 2.01. The van der Waals surface area contributed by atoms with Gasteiger partial charge in [0.05, 0.1) is 16.0 Å². The number of ketones is 1. The third-order valence-electron chi connectivity index (χ3n) is 5.40. The molecule has 0 saturated heterocycles. The number of carbonyl (C=O) groups is 1. The lowest BCUT2D eigenvalue weighted by Crippen LogP contribution is -2.14. The van der Waals surface area contributed by atoms with Crippen molar-refractivity contribution in [3.05, 3.63) is 82.4 Å². The summed E-state index contributed by atoms with van der Waals surface area (Å²) in [5.41, 5.74) is 3.24. The molecule has 0 saturated carbocycles. The number of benzene rings is 3. The molecule has 0 radical (unpaired) electrons. The van der Waals surface area contributed by atoms with Gasteiger partial charge in [0.25, 0.3) is 5.69 Å². The number of nitro groups is 1. The fraction of sp³-hybridized carbons (Fsp3) is 0.167. The number of hydrogen-bond acceptors (Lipinski definition) is 5. The van der Waals surface area contributed by atoms with Crippen molar-refractivity contribution in [2.45, 2.75) is 26.2 Å². The number of Topliss-reactive ketones (excluding diaryl/α,β-unsaturated/α-hetero) is 1. The van der Waals surface area contributed by atoms with Gasteiger partial charge in [-0.2, -0.15) is 0 Å². The Morgan fingerprint density at radius 3 is 2.42 bits per heavy atom. The Balaban J connectivity index is 1.87. The van der Waals surface area contributed by atoms with E-state index in [-0.39, 0.29) is 17.2 Å². The number of nitrogens with zero attached hydrogens (tertiary/aromatic N) is 3. The first-order valence-corrected chi connectivity index (χ1v) is 10.1. The number of aromatic nitrogens is 1. The molecular formula is C24H21N3O4. The lowest BCUT2D eigenvalue weighted by atomic mass is 10.0. The van der Waals surface area contributed by atoms with Crippen LogP contribution in [0.1, 0.15) is 36.5 Å². The fourth-order valence-electron chi connectivity index (χ4n) is 3.84. The van der Waals surface area contributed by atoms with Crippen molar-refractivity contribution in [1.29, 1.82) is 0 Å². The maximum absolute atomic E-state index is 12.9. The number of non-ortho nitro benzene ring substituents is 1. The van der Waals surface area contributed by atoms with Crippen molar-refractivity contribution in [1.82, 2.24) is 4.57 Å². The predicted molar refractivity (Wildman–Crippen MR) is 121 cm³/mol. The van der Waals surface area contributed by atoms with Crippen molar-refractivity contribution < 1.29 is 14.9 Å². The molecule has 156 valence electrons. The van der Waals surface area contributed by atoms with Gasteiger partial charge in [-0.1, -0.05) is 36.7 Å². The Morgan fingerprint density at radius 1 is 1.03 bits per heavy atom.